The first kappa shape index (κ1) is 13.1. The van der Waals surface area contributed by atoms with Gasteiger partial charge in [0.2, 0.25) is 0 Å². The van der Waals surface area contributed by atoms with Gasteiger partial charge >= 0.3 is 5.97 Å². The van der Waals surface area contributed by atoms with Crippen molar-refractivity contribution in [3.05, 3.63) is 35.9 Å². The van der Waals surface area contributed by atoms with Gasteiger partial charge in [-0.15, -0.1) is 0 Å². The van der Waals surface area contributed by atoms with Crippen molar-refractivity contribution in [2.75, 3.05) is 20.1 Å². The van der Waals surface area contributed by atoms with Gasteiger partial charge in [-0.05, 0) is 51.0 Å². The fraction of sp³-hybridized carbons (Fsp3) is 0.467. The molecule has 3 heterocycles. The number of likely N-dealkylation sites (tertiary alicyclic amines) is 1. The molecule has 1 fully saturated rings. The van der Waals surface area contributed by atoms with Gasteiger partial charge in [-0.25, -0.2) is 9.78 Å². The number of fused-ring (bicyclic) bond motifs is 1. The molecule has 5 nitrogen and oxygen atoms in total. The van der Waals surface area contributed by atoms with Crippen LogP contribution in [0.4, 0.5) is 0 Å². The molecule has 2 aromatic rings. The van der Waals surface area contributed by atoms with Crippen LogP contribution in [0.25, 0.3) is 5.52 Å². The average Bonchev–Trinajstić information content (AvgIpc) is 2.84. The van der Waals surface area contributed by atoms with E-state index < -0.39 is 5.97 Å². The van der Waals surface area contributed by atoms with Crippen molar-refractivity contribution < 1.29 is 9.90 Å². The maximum Gasteiger partial charge on any atom is 0.335 e. The van der Waals surface area contributed by atoms with E-state index in [2.05, 4.69) is 16.9 Å². The predicted molar refractivity (Wildman–Crippen MR) is 76.1 cm³/mol. The molecule has 3 rings (SSSR count). The third-order valence-electron chi connectivity index (χ3n) is 4.16. The molecule has 1 aliphatic heterocycles. The molecule has 0 unspecified atom stereocenters. The number of imidazole rings is 1. The summed E-state index contributed by atoms with van der Waals surface area (Å²) >= 11 is 0. The van der Waals surface area contributed by atoms with Crippen LogP contribution < -0.4 is 0 Å². The Morgan fingerprint density at radius 2 is 2.20 bits per heavy atom. The van der Waals surface area contributed by atoms with Crippen LogP contribution in [0.2, 0.25) is 0 Å². The van der Waals surface area contributed by atoms with Gasteiger partial charge in [-0.1, -0.05) is 0 Å². The van der Waals surface area contributed by atoms with Gasteiger partial charge in [0.25, 0.3) is 0 Å². The summed E-state index contributed by atoms with van der Waals surface area (Å²) in [7, 11) is 2.16. The number of aromatic carboxylic acids is 1. The molecule has 0 radical (unpaired) electrons. The Bertz CT molecular complexity index is 627. The van der Waals surface area contributed by atoms with Gasteiger partial charge < -0.3 is 14.4 Å². The molecule has 1 saturated heterocycles. The molecule has 106 valence electrons. The lowest BCUT2D eigenvalue weighted by Crippen LogP contribution is -2.31. The fourth-order valence-electron chi connectivity index (χ4n) is 2.86. The van der Waals surface area contributed by atoms with E-state index >= 15 is 0 Å². The van der Waals surface area contributed by atoms with Crippen molar-refractivity contribution in [2.24, 2.45) is 5.92 Å². The summed E-state index contributed by atoms with van der Waals surface area (Å²) in [4.78, 5) is 17.8. The minimum atomic E-state index is -0.898. The van der Waals surface area contributed by atoms with E-state index in [0.717, 1.165) is 30.9 Å². The second kappa shape index (κ2) is 5.25. The summed E-state index contributed by atoms with van der Waals surface area (Å²) in [6.45, 7) is 2.30. The fourth-order valence-corrected chi connectivity index (χ4v) is 2.86. The molecule has 0 bridgehead atoms. The number of nitrogens with zero attached hydrogens (tertiary/aromatic N) is 3. The SMILES string of the molecule is CN1CCC(Cc2ncc3cc(C(=O)O)ccn23)CC1. The van der Waals surface area contributed by atoms with Crippen LogP contribution in [0.5, 0.6) is 0 Å². The van der Waals surface area contributed by atoms with E-state index in [1.165, 1.54) is 12.8 Å². The van der Waals surface area contributed by atoms with Gasteiger partial charge in [0.05, 0.1) is 17.3 Å². The molecule has 2 aromatic heterocycles. The highest BCUT2D eigenvalue weighted by Gasteiger charge is 2.19. The minimum absolute atomic E-state index is 0.309. The Morgan fingerprint density at radius 3 is 2.90 bits per heavy atom. The highest BCUT2D eigenvalue weighted by atomic mass is 16.4. The lowest BCUT2D eigenvalue weighted by molar-refractivity contribution is 0.0697. The summed E-state index contributed by atoms with van der Waals surface area (Å²) in [5, 5.41) is 9.00. The molecule has 0 amide bonds. The van der Waals surface area contributed by atoms with Gasteiger partial charge in [0.15, 0.2) is 0 Å². The second-order valence-electron chi connectivity index (χ2n) is 5.64. The summed E-state index contributed by atoms with van der Waals surface area (Å²) in [5.41, 5.74) is 1.16. The third kappa shape index (κ3) is 2.54. The maximum absolute atomic E-state index is 11.0. The van der Waals surface area contributed by atoms with E-state index in [0.29, 0.717) is 11.5 Å². The molecule has 20 heavy (non-hydrogen) atoms. The zero-order chi connectivity index (χ0) is 14.1. The quantitative estimate of drug-likeness (QED) is 0.928. The van der Waals surface area contributed by atoms with Crippen LogP contribution in [0.1, 0.15) is 29.0 Å². The van der Waals surface area contributed by atoms with E-state index in [4.69, 9.17) is 5.11 Å². The molecule has 1 aliphatic rings. The van der Waals surface area contributed by atoms with Gasteiger partial charge in [0, 0.05) is 12.6 Å². The van der Waals surface area contributed by atoms with Crippen molar-refractivity contribution in [1.82, 2.24) is 14.3 Å². The van der Waals surface area contributed by atoms with Crippen LogP contribution in [-0.4, -0.2) is 45.5 Å². The molecular weight excluding hydrogens is 254 g/mol. The van der Waals surface area contributed by atoms with Crippen molar-refractivity contribution in [3.8, 4) is 0 Å². The minimum Gasteiger partial charge on any atom is -0.478 e. The van der Waals surface area contributed by atoms with Crippen molar-refractivity contribution in [2.45, 2.75) is 19.3 Å². The highest BCUT2D eigenvalue weighted by molar-refractivity contribution is 5.88. The van der Waals surface area contributed by atoms with Crippen LogP contribution in [0.3, 0.4) is 0 Å². The van der Waals surface area contributed by atoms with Crippen LogP contribution in [-0.2, 0) is 6.42 Å². The van der Waals surface area contributed by atoms with Gasteiger partial charge in [-0.3, -0.25) is 0 Å². The lowest BCUT2D eigenvalue weighted by Gasteiger charge is -2.28. The number of hydrogen-bond donors (Lipinski definition) is 1. The standard InChI is InChI=1S/C15H19N3O2/c1-17-5-2-11(3-6-17)8-14-16-10-13-9-12(15(19)20)4-7-18(13)14/h4,7,9-11H,2-3,5-6,8H2,1H3,(H,19,20). The maximum atomic E-state index is 11.0. The number of piperidine rings is 1. The summed E-state index contributed by atoms with van der Waals surface area (Å²) in [5.74, 6) is 0.813. The molecule has 0 saturated carbocycles. The summed E-state index contributed by atoms with van der Waals surface area (Å²) < 4.78 is 2.00. The smallest absolute Gasteiger partial charge is 0.335 e. The largest absolute Gasteiger partial charge is 0.478 e. The first-order chi connectivity index (χ1) is 9.63. The van der Waals surface area contributed by atoms with E-state index in [9.17, 15) is 4.79 Å². The molecule has 0 aromatic carbocycles. The summed E-state index contributed by atoms with van der Waals surface area (Å²) in [6, 6.07) is 3.31. The Balaban J connectivity index is 1.80. The first-order valence-corrected chi connectivity index (χ1v) is 7.01. The summed E-state index contributed by atoms with van der Waals surface area (Å²) in [6.07, 6.45) is 6.96. The number of carboxylic acids is 1. The van der Waals surface area contributed by atoms with Crippen molar-refractivity contribution in [1.29, 1.82) is 0 Å². The number of rotatable bonds is 3. The number of hydrogen-bond acceptors (Lipinski definition) is 3. The van der Waals surface area contributed by atoms with Crippen molar-refractivity contribution in [3.63, 3.8) is 0 Å². The highest BCUT2D eigenvalue weighted by Crippen LogP contribution is 2.21. The zero-order valence-electron chi connectivity index (χ0n) is 11.6. The Morgan fingerprint density at radius 1 is 1.45 bits per heavy atom. The predicted octanol–water partition coefficient (Wildman–Crippen LogP) is 1.92. The molecule has 0 aliphatic carbocycles. The van der Waals surface area contributed by atoms with Gasteiger partial charge in [-0.2, -0.15) is 0 Å². The Hall–Kier alpha value is -1.88. The van der Waals surface area contributed by atoms with E-state index in [1.54, 1.807) is 18.3 Å². The lowest BCUT2D eigenvalue weighted by atomic mass is 9.93. The Kier molecular flexibility index (Phi) is 3.44. The molecule has 0 atom stereocenters. The second-order valence-corrected chi connectivity index (χ2v) is 5.64. The molecular formula is C15H19N3O2. The number of carbonyl (C=O) groups is 1. The number of carboxylic acid groups (broad SMARTS) is 1. The monoisotopic (exact) mass is 273 g/mol. The number of aromatic nitrogens is 2. The van der Waals surface area contributed by atoms with E-state index in [-0.39, 0.29) is 0 Å². The van der Waals surface area contributed by atoms with Gasteiger partial charge in [0.1, 0.15) is 5.82 Å². The van der Waals surface area contributed by atoms with Crippen LogP contribution in [0, 0.1) is 5.92 Å². The number of pyridine rings is 1. The average molecular weight is 273 g/mol. The Labute approximate surface area is 117 Å². The van der Waals surface area contributed by atoms with Crippen molar-refractivity contribution >= 4 is 11.5 Å². The molecule has 1 N–H and O–H groups in total. The first-order valence-electron chi connectivity index (χ1n) is 7.01. The normalized spacial score (nSPS) is 17.6. The molecule has 0 spiro atoms. The topological polar surface area (TPSA) is 57.8 Å². The molecule has 5 heteroatoms. The zero-order valence-corrected chi connectivity index (χ0v) is 11.6. The van der Waals surface area contributed by atoms with Crippen LogP contribution >= 0.6 is 0 Å². The van der Waals surface area contributed by atoms with Crippen LogP contribution in [0.15, 0.2) is 24.5 Å². The van der Waals surface area contributed by atoms with E-state index in [1.807, 2.05) is 10.6 Å². The third-order valence-corrected chi connectivity index (χ3v) is 4.16.